The van der Waals surface area contributed by atoms with E-state index in [2.05, 4.69) is 11.6 Å². The van der Waals surface area contributed by atoms with Gasteiger partial charge in [0.05, 0.1) is 10.9 Å². The highest BCUT2D eigenvalue weighted by atomic mass is 32.2. The van der Waals surface area contributed by atoms with Crippen LogP contribution in [0.4, 0.5) is 0 Å². The zero-order valence-electron chi connectivity index (χ0n) is 15.7. The Morgan fingerprint density at radius 1 is 1.03 bits per heavy atom. The van der Waals surface area contributed by atoms with Gasteiger partial charge in [0.2, 0.25) is 10.0 Å². The van der Waals surface area contributed by atoms with Crippen LogP contribution in [-0.2, 0) is 16.4 Å². The summed E-state index contributed by atoms with van der Waals surface area (Å²) in [6.45, 7) is 2.08. The molecule has 0 fully saturated rings. The minimum absolute atomic E-state index is 0.116. The monoisotopic (exact) mass is 425 g/mol. The van der Waals surface area contributed by atoms with Crippen molar-refractivity contribution in [3.8, 4) is 0 Å². The minimum atomic E-state index is -3.81. The Morgan fingerprint density at radius 3 is 2.52 bits per heavy atom. The molecule has 148 valence electrons. The molecule has 0 aliphatic heterocycles. The molecule has 0 bridgehead atoms. The normalized spacial score (nSPS) is 12.9. The van der Waals surface area contributed by atoms with Crippen molar-refractivity contribution in [2.75, 3.05) is 0 Å². The first-order valence-electron chi connectivity index (χ1n) is 9.15. The third kappa shape index (κ3) is 4.17. The Kier molecular flexibility index (Phi) is 5.36. The SMILES string of the molecule is CCc1ccc([C@H](NS(=O)(=O)c2ccc3oc(=O)ccc3c2)c2cccs2)cc1. The van der Waals surface area contributed by atoms with Crippen LogP contribution in [0.3, 0.4) is 0 Å². The molecular formula is C22H19NO4S2. The lowest BCUT2D eigenvalue weighted by Crippen LogP contribution is -2.29. The van der Waals surface area contributed by atoms with E-state index in [0.717, 1.165) is 16.9 Å². The van der Waals surface area contributed by atoms with Gasteiger partial charge in [-0.1, -0.05) is 37.3 Å². The molecule has 0 saturated heterocycles. The minimum Gasteiger partial charge on any atom is -0.423 e. The highest BCUT2D eigenvalue weighted by Crippen LogP contribution is 2.29. The van der Waals surface area contributed by atoms with Gasteiger partial charge in [0.1, 0.15) is 5.58 Å². The largest absolute Gasteiger partial charge is 0.423 e. The van der Waals surface area contributed by atoms with Crippen molar-refractivity contribution in [3.05, 3.63) is 98.5 Å². The van der Waals surface area contributed by atoms with Crippen molar-refractivity contribution in [1.82, 2.24) is 4.72 Å². The first-order valence-corrected chi connectivity index (χ1v) is 11.5. The smallest absolute Gasteiger partial charge is 0.336 e. The molecule has 0 aliphatic rings. The second-order valence-corrected chi connectivity index (χ2v) is 9.31. The zero-order valence-corrected chi connectivity index (χ0v) is 17.3. The summed E-state index contributed by atoms with van der Waals surface area (Å²) < 4.78 is 34.2. The summed E-state index contributed by atoms with van der Waals surface area (Å²) in [6.07, 6.45) is 0.920. The molecular weight excluding hydrogens is 406 g/mol. The summed E-state index contributed by atoms with van der Waals surface area (Å²) in [5, 5.41) is 2.47. The lowest BCUT2D eigenvalue weighted by molar-refractivity contribution is 0.560. The first-order chi connectivity index (χ1) is 14.0. The molecule has 5 nitrogen and oxygen atoms in total. The molecule has 0 unspecified atom stereocenters. The van der Waals surface area contributed by atoms with E-state index >= 15 is 0 Å². The summed E-state index contributed by atoms with van der Waals surface area (Å²) in [4.78, 5) is 12.4. The summed E-state index contributed by atoms with van der Waals surface area (Å²) in [7, 11) is -3.81. The molecule has 7 heteroatoms. The number of thiophene rings is 1. The highest BCUT2D eigenvalue weighted by Gasteiger charge is 2.24. The fourth-order valence-corrected chi connectivity index (χ4v) is 5.25. The molecule has 4 aromatic rings. The molecule has 0 saturated carbocycles. The quantitative estimate of drug-likeness (QED) is 0.462. The maximum atomic E-state index is 13.1. The molecule has 2 heterocycles. The highest BCUT2D eigenvalue weighted by molar-refractivity contribution is 7.89. The van der Waals surface area contributed by atoms with Crippen LogP contribution >= 0.6 is 11.3 Å². The van der Waals surface area contributed by atoms with Gasteiger partial charge in [-0.3, -0.25) is 0 Å². The van der Waals surface area contributed by atoms with E-state index in [9.17, 15) is 13.2 Å². The van der Waals surface area contributed by atoms with Gasteiger partial charge in [0.15, 0.2) is 0 Å². The van der Waals surface area contributed by atoms with Crippen LogP contribution in [0.15, 0.2) is 86.2 Å². The number of nitrogens with one attached hydrogen (secondary N) is 1. The second kappa shape index (κ2) is 7.94. The zero-order chi connectivity index (χ0) is 20.4. The Hall–Kier alpha value is -2.74. The Labute approximate surface area is 172 Å². The fraction of sp³-hybridized carbons (Fsp3) is 0.136. The Bertz CT molecular complexity index is 1290. The van der Waals surface area contributed by atoms with Gasteiger partial charge in [0.25, 0.3) is 0 Å². The van der Waals surface area contributed by atoms with Gasteiger partial charge >= 0.3 is 5.63 Å². The molecule has 2 aromatic heterocycles. The lowest BCUT2D eigenvalue weighted by atomic mass is 10.0. The third-order valence-corrected chi connectivity index (χ3v) is 7.08. The predicted octanol–water partition coefficient (Wildman–Crippen LogP) is 4.48. The fourth-order valence-electron chi connectivity index (χ4n) is 3.13. The van der Waals surface area contributed by atoms with E-state index in [-0.39, 0.29) is 4.90 Å². The number of benzene rings is 2. The number of aryl methyl sites for hydroxylation is 1. The van der Waals surface area contributed by atoms with Gasteiger partial charge in [0, 0.05) is 16.3 Å². The van der Waals surface area contributed by atoms with Crippen molar-refractivity contribution in [1.29, 1.82) is 0 Å². The lowest BCUT2D eigenvalue weighted by Gasteiger charge is -2.19. The average molecular weight is 426 g/mol. The molecule has 1 atom stereocenters. The number of sulfonamides is 1. The summed E-state index contributed by atoms with van der Waals surface area (Å²) >= 11 is 1.50. The van der Waals surface area contributed by atoms with Crippen molar-refractivity contribution in [2.24, 2.45) is 0 Å². The van der Waals surface area contributed by atoms with Crippen molar-refractivity contribution >= 4 is 32.3 Å². The Morgan fingerprint density at radius 2 is 1.83 bits per heavy atom. The average Bonchev–Trinajstić information content (AvgIpc) is 3.26. The van der Waals surface area contributed by atoms with Gasteiger partial charge in [-0.15, -0.1) is 11.3 Å². The Balaban J connectivity index is 1.72. The molecule has 0 radical (unpaired) electrons. The van der Waals surface area contributed by atoms with Gasteiger partial charge in [-0.05, 0) is 53.3 Å². The van der Waals surface area contributed by atoms with Crippen LogP contribution in [0.25, 0.3) is 11.0 Å². The van der Waals surface area contributed by atoms with E-state index in [1.165, 1.54) is 41.2 Å². The third-order valence-electron chi connectivity index (χ3n) is 4.72. The number of fused-ring (bicyclic) bond motifs is 1. The van der Waals surface area contributed by atoms with Crippen LogP contribution in [0.5, 0.6) is 0 Å². The van der Waals surface area contributed by atoms with Crippen molar-refractivity contribution < 1.29 is 12.8 Å². The van der Waals surface area contributed by atoms with Crippen LogP contribution in [0, 0.1) is 0 Å². The summed E-state index contributed by atoms with van der Waals surface area (Å²) in [6, 6.07) is 18.6. The van der Waals surface area contributed by atoms with Crippen LogP contribution in [0.2, 0.25) is 0 Å². The molecule has 1 N–H and O–H groups in total. The van der Waals surface area contributed by atoms with E-state index < -0.39 is 21.7 Å². The van der Waals surface area contributed by atoms with E-state index in [1.807, 2.05) is 41.8 Å². The second-order valence-electron chi connectivity index (χ2n) is 6.62. The summed E-state index contributed by atoms with van der Waals surface area (Å²) in [5.41, 5.74) is 1.94. The predicted molar refractivity (Wildman–Crippen MR) is 115 cm³/mol. The molecule has 0 aliphatic carbocycles. The van der Waals surface area contributed by atoms with Gasteiger partial charge in [-0.25, -0.2) is 13.2 Å². The molecule has 29 heavy (non-hydrogen) atoms. The molecule has 4 rings (SSSR count). The van der Waals surface area contributed by atoms with Crippen LogP contribution in [-0.4, -0.2) is 8.42 Å². The molecule has 0 amide bonds. The van der Waals surface area contributed by atoms with Crippen molar-refractivity contribution in [2.45, 2.75) is 24.3 Å². The maximum Gasteiger partial charge on any atom is 0.336 e. The van der Waals surface area contributed by atoms with Crippen molar-refractivity contribution in [3.63, 3.8) is 0 Å². The number of rotatable bonds is 6. The summed E-state index contributed by atoms with van der Waals surface area (Å²) in [5.74, 6) is 0. The number of hydrogen-bond donors (Lipinski definition) is 1. The number of hydrogen-bond acceptors (Lipinski definition) is 5. The van der Waals surface area contributed by atoms with E-state index in [1.54, 1.807) is 6.07 Å². The van der Waals surface area contributed by atoms with Gasteiger partial charge in [-0.2, -0.15) is 4.72 Å². The maximum absolute atomic E-state index is 13.1. The van der Waals surface area contributed by atoms with Gasteiger partial charge < -0.3 is 4.42 Å². The standard InChI is InChI=1S/C22H19NO4S2/c1-2-15-5-7-16(8-6-15)22(20-4-3-13-28-20)23-29(25,26)18-10-11-19-17(14-18)9-12-21(24)27-19/h3-14,22-23H,2H2,1H3/t22-/m0/s1. The molecule has 0 spiro atoms. The topological polar surface area (TPSA) is 76.4 Å². The van der Waals surface area contributed by atoms with E-state index in [4.69, 9.17) is 4.42 Å². The molecule has 2 aromatic carbocycles. The van der Waals surface area contributed by atoms with Crippen LogP contribution in [0.1, 0.15) is 29.0 Å². The van der Waals surface area contributed by atoms with Crippen LogP contribution < -0.4 is 10.3 Å². The first kappa shape index (κ1) is 19.6. The van der Waals surface area contributed by atoms with E-state index in [0.29, 0.717) is 11.0 Å².